The van der Waals surface area contributed by atoms with Crippen LogP contribution in [-0.2, 0) is 14.4 Å². The molecule has 0 saturated heterocycles. The van der Waals surface area contributed by atoms with Crippen LogP contribution in [0, 0.1) is 0 Å². The van der Waals surface area contributed by atoms with E-state index in [9.17, 15) is 4.79 Å². The van der Waals surface area contributed by atoms with E-state index in [4.69, 9.17) is 15.3 Å². The molecule has 0 aromatic carbocycles. The molecule has 6 nitrogen and oxygen atoms in total. The number of aromatic nitrogens is 1. The van der Waals surface area contributed by atoms with Crippen LogP contribution >= 0.6 is 11.3 Å². The minimum atomic E-state index is -0.550. The van der Waals surface area contributed by atoms with Gasteiger partial charge >= 0.3 is 5.97 Å². The Morgan fingerprint density at radius 2 is 2.20 bits per heavy atom. The van der Waals surface area contributed by atoms with Crippen LogP contribution in [0.1, 0.15) is 45.2 Å². The molecule has 0 aliphatic heterocycles. The molecule has 20 heavy (non-hydrogen) atoms. The van der Waals surface area contributed by atoms with E-state index in [2.05, 4.69) is 17.1 Å². The van der Waals surface area contributed by atoms with Crippen LogP contribution in [-0.4, -0.2) is 29.9 Å². The molecule has 1 aromatic heterocycles. The van der Waals surface area contributed by atoms with E-state index in [0.29, 0.717) is 17.4 Å². The second-order valence-electron chi connectivity index (χ2n) is 4.13. The minimum Gasteiger partial charge on any atom is -0.461 e. The van der Waals surface area contributed by atoms with E-state index in [-0.39, 0.29) is 12.3 Å². The van der Waals surface area contributed by atoms with Crippen molar-refractivity contribution >= 4 is 28.1 Å². The van der Waals surface area contributed by atoms with E-state index >= 15 is 0 Å². The first-order chi connectivity index (χ1) is 9.69. The Labute approximate surface area is 123 Å². The van der Waals surface area contributed by atoms with Crippen LogP contribution < -0.4 is 5.73 Å². The number of unbranched alkanes of at least 4 members (excludes halogenated alkanes) is 3. The van der Waals surface area contributed by atoms with E-state index in [1.165, 1.54) is 17.8 Å². The number of nitrogens with two attached hydrogens (primary N) is 1. The van der Waals surface area contributed by atoms with Gasteiger partial charge in [-0.1, -0.05) is 24.9 Å². The quantitative estimate of drug-likeness (QED) is 0.328. The van der Waals surface area contributed by atoms with Crippen LogP contribution in [0.5, 0.6) is 0 Å². The molecule has 0 fully saturated rings. The Hall–Kier alpha value is -1.63. The Balaban J connectivity index is 2.60. The second-order valence-corrected chi connectivity index (χ2v) is 5.01. The first-order valence-electron chi connectivity index (χ1n) is 6.77. The van der Waals surface area contributed by atoms with Crippen molar-refractivity contribution in [2.75, 3.05) is 18.9 Å². The molecule has 0 radical (unpaired) electrons. The number of hydrogen-bond acceptors (Lipinski definition) is 7. The van der Waals surface area contributed by atoms with E-state index in [1.807, 2.05) is 0 Å². The predicted octanol–water partition coefficient (Wildman–Crippen LogP) is 2.59. The Morgan fingerprint density at radius 3 is 2.80 bits per heavy atom. The van der Waals surface area contributed by atoms with Gasteiger partial charge in [-0.05, 0) is 19.8 Å². The molecule has 1 heterocycles. The molecule has 7 heteroatoms. The summed E-state index contributed by atoms with van der Waals surface area (Å²) in [5.41, 5.74) is 6.01. The normalized spacial score (nSPS) is 11.4. The zero-order valence-electron chi connectivity index (χ0n) is 11.9. The highest BCUT2D eigenvalue weighted by atomic mass is 32.1. The molecule has 0 aliphatic carbocycles. The van der Waals surface area contributed by atoms with Crippen molar-refractivity contribution in [2.45, 2.75) is 39.5 Å². The summed E-state index contributed by atoms with van der Waals surface area (Å²) in [7, 11) is 0. The first kappa shape index (κ1) is 16.4. The fraction of sp³-hybridized carbons (Fsp3) is 0.615. The molecule has 0 aliphatic rings. The van der Waals surface area contributed by atoms with Gasteiger partial charge in [0.1, 0.15) is 12.3 Å². The summed E-state index contributed by atoms with van der Waals surface area (Å²) >= 11 is 1.24. The number of anilines is 1. The number of rotatable bonds is 9. The van der Waals surface area contributed by atoms with Crippen molar-refractivity contribution in [3.8, 4) is 0 Å². The summed E-state index contributed by atoms with van der Waals surface area (Å²) in [6.07, 6.45) is 4.33. The summed E-state index contributed by atoms with van der Waals surface area (Å²) in [5.74, 6) is -0.550. The summed E-state index contributed by atoms with van der Waals surface area (Å²) in [4.78, 5) is 21.0. The fourth-order valence-electron chi connectivity index (χ4n) is 1.49. The van der Waals surface area contributed by atoms with Crippen LogP contribution in [0.2, 0.25) is 0 Å². The molecular formula is C13H21N3O3S. The van der Waals surface area contributed by atoms with Crippen LogP contribution in [0.25, 0.3) is 0 Å². The predicted molar refractivity (Wildman–Crippen MR) is 79.8 cm³/mol. The smallest absolute Gasteiger partial charge is 0.362 e. The van der Waals surface area contributed by atoms with Crippen LogP contribution in [0.3, 0.4) is 0 Å². The van der Waals surface area contributed by atoms with Gasteiger partial charge < -0.3 is 15.3 Å². The lowest BCUT2D eigenvalue weighted by molar-refractivity contribution is -0.135. The summed E-state index contributed by atoms with van der Waals surface area (Å²) < 4.78 is 4.94. The van der Waals surface area contributed by atoms with Crippen molar-refractivity contribution in [2.24, 2.45) is 5.16 Å². The number of oxime groups is 1. The number of carbonyl (C=O) groups excluding carboxylic acids is 1. The number of thiazole rings is 1. The van der Waals surface area contributed by atoms with Crippen molar-refractivity contribution in [1.29, 1.82) is 0 Å². The van der Waals surface area contributed by atoms with E-state index in [1.54, 1.807) is 12.3 Å². The number of hydrogen-bond donors (Lipinski definition) is 1. The third-order valence-corrected chi connectivity index (χ3v) is 3.15. The standard InChI is InChI=1S/C13H21N3O3S/c1-3-5-6-7-8-19-16-11(12(17)18-4-2)10-9-20-13(14)15-10/h9H,3-8H2,1-2H3,(H2,14,15). The number of nitrogens with zero attached hydrogens (tertiary/aromatic N) is 2. The molecule has 0 atom stereocenters. The zero-order chi connectivity index (χ0) is 14.8. The third-order valence-electron chi connectivity index (χ3n) is 2.48. The van der Waals surface area contributed by atoms with Gasteiger partial charge in [0.05, 0.1) is 6.61 Å². The molecule has 1 rings (SSSR count). The Morgan fingerprint density at radius 1 is 1.40 bits per heavy atom. The molecule has 1 aromatic rings. The number of nitrogen functional groups attached to an aromatic ring is 1. The van der Waals surface area contributed by atoms with Crippen molar-refractivity contribution in [1.82, 2.24) is 4.98 Å². The van der Waals surface area contributed by atoms with Crippen molar-refractivity contribution in [3.05, 3.63) is 11.1 Å². The largest absolute Gasteiger partial charge is 0.461 e. The average Bonchev–Trinajstić information content (AvgIpc) is 2.84. The van der Waals surface area contributed by atoms with Gasteiger partial charge in [-0.25, -0.2) is 9.78 Å². The molecule has 2 N–H and O–H groups in total. The van der Waals surface area contributed by atoms with Crippen LogP contribution in [0.4, 0.5) is 5.13 Å². The highest BCUT2D eigenvalue weighted by molar-refractivity contribution is 7.13. The maximum absolute atomic E-state index is 11.8. The SMILES string of the molecule is CCCCCCON=C(C(=O)OCC)c1csc(N)n1. The molecule has 0 unspecified atom stereocenters. The molecule has 0 amide bonds. The van der Waals surface area contributed by atoms with Gasteiger partial charge in [0, 0.05) is 5.38 Å². The minimum absolute atomic E-state index is 0.0651. The molecule has 0 saturated carbocycles. The topological polar surface area (TPSA) is 86.8 Å². The van der Waals surface area contributed by atoms with Gasteiger partial charge in [-0.15, -0.1) is 11.3 Å². The maximum Gasteiger partial charge on any atom is 0.362 e. The lowest BCUT2D eigenvalue weighted by Crippen LogP contribution is -2.20. The fourth-order valence-corrected chi connectivity index (χ4v) is 2.04. The number of esters is 1. The second kappa shape index (κ2) is 9.30. The Kier molecular flexibility index (Phi) is 7.64. The van der Waals surface area contributed by atoms with Gasteiger partial charge in [0.25, 0.3) is 0 Å². The highest BCUT2D eigenvalue weighted by Crippen LogP contribution is 2.13. The number of carbonyl (C=O) groups is 1. The zero-order valence-corrected chi connectivity index (χ0v) is 12.7. The van der Waals surface area contributed by atoms with Gasteiger partial charge in [0.2, 0.25) is 5.71 Å². The van der Waals surface area contributed by atoms with E-state index < -0.39 is 5.97 Å². The average molecular weight is 299 g/mol. The van der Waals surface area contributed by atoms with Crippen molar-refractivity contribution in [3.63, 3.8) is 0 Å². The molecular weight excluding hydrogens is 278 g/mol. The van der Waals surface area contributed by atoms with Gasteiger partial charge in [0.15, 0.2) is 5.13 Å². The summed E-state index contributed by atoms with van der Waals surface area (Å²) in [6.45, 7) is 4.62. The lowest BCUT2D eigenvalue weighted by Gasteiger charge is -2.04. The number of ether oxygens (including phenoxy) is 1. The Bertz CT molecular complexity index is 446. The van der Waals surface area contributed by atoms with Crippen LogP contribution in [0.15, 0.2) is 10.5 Å². The summed E-state index contributed by atoms with van der Waals surface area (Å²) in [6, 6.07) is 0. The van der Waals surface area contributed by atoms with Crippen molar-refractivity contribution < 1.29 is 14.4 Å². The molecule has 112 valence electrons. The van der Waals surface area contributed by atoms with Gasteiger partial charge in [-0.3, -0.25) is 0 Å². The monoisotopic (exact) mass is 299 g/mol. The van der Waals surface area contributed by atoms with Gasteiger partial charge in [-0.2, -0.15) is 0 Å². The van der Waals surface area contributed by atoms with E-state index in [0.717, 1.165) is 19.3 Å². The first-order valence-corrected chi connectivity index (χ1v) is 7.65. The maximum atomic E-state index is 11.8. The summed E-state index contributed by atoms with van der Waals surface area (Å²) in [5, 5.41) is 5.89. The third kappa shape index (κ3) is 5.56. The molecule has 0 bridgehead atoms. The highest BCUT2D eigenvalue weighted by Gasteiger charge is 2.19. The molecule has 0 spiro atoms. The lowest BCUT2D eigenvalue weighted by atomic mass is 10.2.